The molecule has 1 saturated heterocycles. The second-order valence-electron chi connectivity index (χ2n) is 5.15. The first-order valence-electron chi connectivity index (χ1n) is 6.89. The highest BCUT2D eigenvalue weighted by atomic mass is 16.6. The number of ether oxygens (including phenoxy) is 2. The van der Waals surface area contributed by atoms with E-state index in [4.69, 9.17) is 9.47 Å². The van der Waals surface area contributed by atoms with Crippen LogP contribution in [0.2, 0.25) is 0 Å². The molecule has 0 saturated carbocycles. The van der Waals surface area contributed by atoms with Gasteiger partial charge in [0.05, 0.1) is 18.6 Å². The number of carbonyl (C=O) groups excluding carboxylic acids is 1. The summed E-state index contributed by atoms with van der Waals surface area (Å²) in [6.07, 6.45) is 2.18. The summed E-state index contributed by atoms with van der Waals surface area (Å²) < 4.78 is 11.0. The van der Waals surface area contributed by atoms with E-state index in [9.17, 15) is 15.0 Å². The lowest BCUT2D eigenvalue weighted by Gasteiger charge is -2.31. The topological polar surface area (TPSA) is 76.0 Å². The Morgan fingerprint density at radius 2 is 2.20 bits per heavy atom. The van der Waals surface area contributed by atoms with Gasteiger partial charge in [-0.25, -0.2) is 0 Å². The van der Waals surface area contributed by atoms with Gasteiger partial charge in [0, 0.05) is 18.9 Å². The van der Waals surface area contributed by atoms with Crippen molar-refractivity contribution in [3.63, 3.8) is 0 Å². The zero-order chi connectivity index (χ0) is 15.1. The lowest BCUT2D eigenvalue weighted by Crippen LogP contribution is -2.41. The monoisotopic (exact) mass is 284 g/mol. The molecule has 0 unspecified atom stereocenters. The summed E-state index contributed by atoms with van der Waals surface area (Å²) in [6.45, 7) is 8.90. The maximum absolute atomic E-state index is 11.4. The van der Waals surface area contributed by atoms with E-state index in [1.54, 1.807) is 19.1 Å². The smallest absolute Gasteiger partial charge is 0.308 e. The molecule has 5 heteroatoms. The lowest BCUT2D eigenvalue weighted by molar-refractivity contribution is -0.143. The molecule has 0 aliphatic carbocycles. The zero-order valence-electron chi connectivity index (χ0n) is 11.9. The van der Waals surface area contributed by atoms with Gasteiger partial charge in [0.1, 0.15) is 12.2 Å². The van der Waals surface area contributed by atoms with Crippen LogP contribution >= 0.6 is 0 Å². The minimum absolute atomic E-state index is 0.105. The fraction of sp³-hybridized carbons (Fsp3) is 0.667. The highest BCUT2D eigenvalue weighted by Crippen LogP contribution is 2.26. The first-order chi connectivity index (χ1) is 9.53. The van der Waals surface area contributed by atoms with Crippen molar-refractivity contribution in [3.05, 3.63) is 25.3 Å². The summed E-state index contributed by atoms with van der Waals surface area (Å²) in [5.41, 5.74) is 0. The standard InChI is InChI=1S/C15H24O5/c1-4-6-11(17)15(10(3)9-16)20-13-8-14(18)19-12(13)7-5-2/h4-5,10-13,15-17H,1-2,6-9H2,3H3/t10-,11-,12+,13-,15+/m0/s1. The number of carbonyl (C=O) groups is 1. The lowest BCUT2D eigenvalue weighted by atomic mass is 9.97. The fourth-order valence-electron chi connectivity index (χ4n) is 2.30. The van der Waals surface area contributed by atoms with Crippen LogP contribution in [-0.2, 0) is 14.3 Å². The SMILES string of the molecule is C=CC[C@H](O)[C@H](O[C@H]1CC(=O)O[C@@H]1CC=C)[C@@H](C)CO. The van der Waals surface area contributed by atoms with E-state index >= 15 is 0 Å². The summed E-state index contributed by atoms with van der Waals surface area (Å²) in [5.74, 6) is -0.555. The molecule has 1 aliphatic rings. The van der Waals surface area contributed by atoms with Gasteiger partial charge in [-0.15, -0.1) is 13.2 Å². The molecule has 0 aromatic rings. The molecule has 1 fully saturated rings. The summed E-state index contributed by atoms with van der Waals surface area (Å²) in [4.78, 5) is 11.4. The third kappa shape index (κ3) is 4.44. The van der Waals surface area contributed by atoms with Crippen molar-refractivity contribution >= 4 is 5.97 Å². The van der Waals surface area contributed by atoms with Crippen LogP contribution in [0, 0.1) is 5.92 Å². The number of aliphatic hydroxyl groups is 2. The quantitative estimate of drug-likeness (QED) is 0.491. The van der Waals surface area contributed by atoms with Crippen LogP contribution in [-0.4, -0.2) is 47.2 Å². The van der Waals surface area contributed by atoms with Gasteiger partial charge in [0.15, 0.2) is 0 Å². The molecule has 0 bridgehead atoms. The van der Waals surface area contributed by atoms with Crippen LogP contribution in [0.3, 0.4) is 0 Å². The summed E-state index contributed by atoms with van der Waals surface area (Å²) in [7, 11) is 0. The van der Waals surface area contributed by atoms with E-state index in [1.807, 2.05) is 0 Å². The molecular formula is C15H24O5. The predicted octanol–water partition coefficient (Wildman–Crippen LogP) is 1.20. The molecule has 1 rings (SSSR count). The van der Waals surface area contributed by atoms with E-state index in [1.165, 1.54) is 0 Å². The molecule has 1 heterocycles. The van der Waals surface area contributed by atoms with Gasteiger partial charge < -0.3 is 19.7 Å². The number of hydrogen-bond donors (Lipinski definition) is 2. The first-order valence-corrected chi connectivity index (χ1v) is 6.89. The van der Waals surface area contributed by atoms with Crippen molar-refractivity contribution in [2.45, 2.75) is 50.6 Å². The minimum Gasteiger partial charge on any atom is -0.459 e. The van der Waals surface area contributed by atoms with Gasteiger partial charge in [-0.1, -0.05) is 19.1 Å². The van der Waals surface area contributed by atoms with Crippen molar-refractivity contribution in [2.24, 2.45) is 5.92 Å². The highest BCUT2D eigenvalue weighted by Gasteiger charge is 2.38. The molecule has 5 atom stereocenters. The molecule has 2 N–H and O–H groups in total. The average molecular weight is 284 g/mol. The van der Waals surface area contributed by atoms with Crippen molar-refractivity contribution < 1.29 is 24.5 Å². The Labute approximate surface area is 119 Å². The number of cyclic esters (lactones) is 1. The summed E-state index contributed by atoms with van der Waals surface area (Å²) in [6, 6.07) is 0. The normalized spacial score (nSPS) is 26.6. The molecule has 1 aliphatic heterocycles. The molecule has 0 aromatic carbocycles. The van der Waals surface area contributed by atoms with E-state index in [0.717, 1.165) is 0 Å². The Morgan fingerprint density at radius 3 is 2.75 bits per heavy atom. The Kier molecular flexibility index (Phi) is 6.91. The van der Waals surface area contributed by atoms with Crippen LogP contribution in [0.4, 0.5) is 0 Å². The van der Waals surface area contributed by atoms with E-state index in [-0.39, 0.29) is 31.0 Å². The van der Waals surface area contributed by atoms with Gasteiger partial charge in [-0.3, -0.25) is 4.79 Å². The molecule has 0 spiro atoms. The van der Waals surface area contributed by atoms with Crippen LogP contribution in [0.1, 0.15) is 26.2 Å². The molecule has 0 radical (unpaired) electrons. The Bertz CT molecular complexity index is 341. The van der Waals surface area contributed by atoms with Crippen LogP contribution in [0.5, 0.6) is 0 Å². The molecule has 20 heavy (non-hydrogen) atoms. The third-order valence-corrected chi connectivity index (χ3v) is 3.43. The van der Waals surface area contributed by atoms with Crippen LogP contribution in [0.15, 0.2) is 25.3 Å². The van der Waals surface area contributed by atoms with Gasteiger partial charge in [0.25, 0.3) is 0 Å². The fourth-order valence-corrected chi connectivity index (χ4v) is 2.30. The van der Waals surface area contributed by atoms with Gasteiger partial charge in [0.2, 0.25) is 0 Å². The Hall–Kier alpha value is -1.17. The van der Waals surface area contributed by atoms with Crippen LogP contribution < -0.4 is 0 Å². The number of esters is 1. The molecule has 5 nitrogen and oxygen atoms in total. The first kappa shape index (κ1) is 16.9. The summed E-state index contributed by atoms with van der Waals surface area (Å²) in [5, 5.41) is 19.4. The van der Waals surface area contributed by atoms with Crippen molar-refractivity contribution in [1.29, 1.82) is 0 Å². The van der Waals surface area contributed by atoms with Crippen LogP contribution in [0.25, 0.3) is 0 Å². The second-order valence-corrected chi connectivity index (χ2v) is 5.15. The Balaban J connectivity index is 2.74. The van der Waals surface area contributed by atoms with Gasteiger partial charge in [-0.05, 0) is 6.42 Å². The number of aliphatic hydroxyl groups excluding tert-OH is 2. The minimum atomic E-state index is -0.769. The highest BCUT2D eigenvalue weighted by molar-refractivity contribution is 5.72. The van der Waals surface area contributed by atoms with E-state index < -0.39 is 18.3 Å². The van der Waals surface area contributed by atoms with Gasteiger partial charge in [-0.2, -0.15) is 0 Å². The van der Waals surface area contributed by atoms with Crippen molar-refractivity contribution in [3.8, 4) is 0 Å². The molecular weight excluding hydrogens is 260 g/mol. The second kappa shape index (κ2) is 8.19. The van der Waals surface area contributed by atoms with Crippen molar-refractivity contribution in [2.75, 3.05) is 6.61 Å². The molecule has 0 amide bonds. The Morgan fingerprint density at radius 1 is 1.50 bits per heavy atom. The number of hydrogen-bond acceptors (Lipinski definition) is 5. The zero-order valence-corrected chi connectivity index (χ0v) is 11.9. The summed E-state index contributed by atoms with van der Waals surface area (Å²) >= 11 is 0. The van der Waals surface area contributed by atoms with Crippen molar-refractivity contribution in [1.82, 2.24) is 0 Å². The van der Waals surface area contributed by atoms with E-state index in [2.05, 4.69) is 13.2 Å². The molecule has 114 valence electrons. The van der Waals surface area contributed by atoms with Gasteiger partial charge >= 0.3 is 5.97 Å². The molecule has 0 aromatic heterocycles. The van der Waals surface area contributed by atoms with E-state index in [0.29, 0.717) is 12.8 Å². The average Bonchev–Trinajstić information content (AvgIpc) is 2.76. The third-order valence-electron chi connectivity index (χ3n) is 3.43. The number of rotatable bonds is 9. The maximum atomic E-state index is 11.4. The maximum Gasteiger partial charge on any atom is 0.308 e. The predicted molar refractivity (Wildman–Crippen MR) is 75.0 cm³/mol. The largest absolute Gasteiger partial charge is 0.459 e.